The molecule has 1 N–H and O–H groups in total. The van der Waals surface area contributed by atoms with Crippen LogP contribution in [0, 0.1) is 5.82 Å². The quantitative estimate of drug-likeness (QED) is 0.223. The van der Waals surface area contributed by atoms with E-state index in [0.29, 0.717) is 31.3 Å². The second-order valence-electron chi connectivity index (χ2n) is 8.72. The van der Waals surface area contributed by atoms with E-state index in [0.717, 1.165) is 22.6 Å². The summed E-state index contributed by atoms with van der Waals surface area (Å²) in [6, 6.07) is 27.3. The normalized spacial score (nSPS) is 11.0. The molecule has 3 aromatic carbocycles. The van der Waals surface area contributed by atoms with Crippen molar-refractivity contribution in [3.05, 3.63) is 138 Å². The maximum Gasteiger partial charge on any atom is 0.273 e. The number of halogens is 1. The number of aromatic nitrogens is 1. The van der Waals surface area contributed by atoms with Crippen molar-refractivity contribution in [2.24, 2.45) is 0 Å². The second-order valence-corrected chi connectivity index (χ2v) is 8.72. The van der Waals surface area contributed by atoms with Crippen LogP contribution in [-0.4, -0.2) is 15.8 Å². The van der Waals surface area contributed by atoms with E-state index in [1.807, 2.05) is 54.6 Å². The monoisotopic (exact) mass is 511 g/mol. The van der Waals surface area contributed by atoms with Gasteiger partial charge in [-0.05, 0) is 59.7 Å². The zero-order valence-electron chi connectivity index (χ0n) is 20.5. The molecule has 0 aliphatic rings. The number of hydrogen-bond donors (Lipinski definition) is 1. The number of para-hydroxylation sites is 1. The molecule has 0 saturated carbocycles. The summed E-state index contributed by atoms with van der Waals surface area (Å²) in [6.45, 7) is 1.66. The lowest BCUT2D eigenvalue weighted by Crippen LogP contribution is -2.24. The number of hydrogen-bond acceptors (Lipinski definition) is 6. The first kappa shape index (κ1) is 25.0. The highest BCUT2D eigenvalue weighted by Gasteiger charge is 2.16. The van der Waals surface area contributed by atoms with Crippen LogP contribution in [0.4, 0.5) is 4.39 Å². The molecule has 0 aliphatic heterocycles. The molecule has 38 heavy (non-hydrogen) atoms. The third-order valence-corrected chi connectivity index (χ3v) is 5.75. The number of furan rings is 1. The van der Waals surface area contributed by atoms with E-state index >= 15 is 0 Å². The van der Waals surface area contributed by atoms with Crippen LogP contribution in [0.3, 0.4) is 0 Å². The predicted molar refractivity (Wildman–Crippen MR) is 139 cm³/mol. The first-order valence-corrected chi connectivity index (χ1v) is 12.1. The lowest BCUT2D eigenvalue weighted by molar-refractivity contribution is 0.0943. The summed E-state index contributed by atoms with van der Waals surface area (Å²) in [4.78, 5) is 19.0. The fraction of sp³-hybridized carbons (Fsp3) is 0.133. The molecular formula is C30H26FN3O4. The summed E-state index contributed by atoms with van der Waals surface area (Å²) in [5.74, 6) is 1.88. The van der Waals surface area contributed by atoms with E-state index < -0.39 is 0 Å². The molecular weight excluding hydrogens is 485 g/mol. The van der Waals surface area contributed by atoms with Gasteiger partial charge in [0.15, 0.2) is 5.69 Å². The van der Waals surface area contributed by atoms with Crippen LogP contribution >= 0.6 is 0 Å². The first-order valence-electron chi connectivity index (χ1n) is 12.1. The van der Waals surface area contributed by atoms with E-state index in [1.165, 1.54) is 18.4 Å². The summed E-state index contributed by atoms with van der Waals surface area (Å²) in [5, 5.41) is 2.76. The van der Waals surface area contributed by atoms with Gasteiger partial charge in [-0.2, -0.15) is 0 Å². The van der Waals surface area contributed by atoms with E-state index in [-0.39, 0.29) is 24.0 Å². The Hall–Kier alpha value is -4.69. The van der Waals surface area contributed by atoms with Crippen LogP contribution in [0.1, 0.15) is 33.3 Å². The van der Waals surface area contributed by atoms with Crippen LogP contribution < -0.4 is 10.1 Å². The molecule has 5 rings (SSSR count). The molecule has 5 aromatic rings. The molecule has 1 amide bonds. The van der Waals surface area contributed by atoms with Crippen molar-refractivity contribution >= 4 is 5.91 Å². The first-order chi connectivity index (χ1) is 18.6. The molecule has 0 aliphatic carbocycles. The predicted octanol–water partition coefficient (Wildman–Crippen LogP) is 6.33. The highest BCUT2D eigenvalue weighted by Crippen LogP contribution is 2.23. The highest BCUT2D eigenvalue weighted by molar-refractivity contribution is 5.91. The number of oxazole rings is 1. The number of nitrogens with zero attached hydrogens (tertiary/aromatic N) is 2. The van der Waals surface area contributed by atoms with Gasteiger partial charge in [-0.25, -0.2) is 9.37 Å². The topological polar surface area (TPSA) is 80.7 Å². The SMILES string of the molecule is O=C(NCc1ccco1)c1coc(CN(Cc2ccc(F)cc2)Cc2cccc(Oc3ccccc3)c2)n1. The molecule has 0 spiro atoms. The summed E-state index contributed by atoms with van der Waals surface area (Å²) in [7, 11) is 0. The van der Waals surface area contributed by atoms with Crippen LogP contribution in [0.15, 0.2) is 112 Å². The van der Waals surface area contributed by atoms with E-state index in [2.05, 4.69) is 15.2 Å². The Labute approximate surface area is 219 Å². The Morgan fingerprint density at radius 2 is 1.63 bits per heavy atom. The number of ether oxygens (including phenoxy) is 1. The van der Waals surface area contributed by atoms with Gasteiger partial charge in [0.05, 0.1) is 19.4 Å². The Morgan fingerprint density at radius 1 is 0.842 bits per heavy atom. The molecule has 192 valence electrons. The third kappa shape index (κ3) is 6.96. The van der Waals surface area contributed by atoms with Gasteiger partial charge in [-0.1, -0.05) is 42.5 Å². The summed E-state index contributed by atoms with van der Waals surface area (Å²) in [5.41, 5.74) is 2.14. The average Bonchev–Trinajstić information content (AvgIpc) is 3.62. The fourth-order valence-corrected chi connectivity index (χ4v) is 3.96. The number of rotatable bonds is 11. The second kappa shape index (κ2) is 12.0. The molecule has 0 radical (unpaired) electrons. The van der Waals surface area contributed by atoms with Gasteiger partial charge >= 0.3 is 0 Å². The van der Waals surface area contributed by atoms with Gasteiger partial charge in [-0.3, -0.25) is 9.69 Å². The largest absolute Gasteiger partial charge is 0.467 e. The zero-order valence-corrected chi connectivity index (χ0v) is 20.5. The minimum absolute atomic E-state index is 0.187. The molecule has 2 aromatic heterocycles. The lowest BCUT2D eigenvalue weighted by atomic mass is 10.1. The van der Waals surface area contributed by atoms with Crippen LogP contribution in [0.2, 0.25) is 0 Å². The molecule has 0 atom stereocenters. The highest BCUT2D eigenvalue weighted by atomic mass is 19.1. The van der Waals surface area contributed by atoms with Crippen molar-refractivity contribution < 1.29 is 22.8 Å². The minimum atomic E-state index is -0.354. The van der Waals surface area contributed by atoms with Crippen molar-refractivity contribution in [3.8, 4) is 11.5 Å². The van der Waals surface area contributed by atoms with Crippen LogP contribution in [0.5, 0.6) is 11.5 Å². The van der Waals surface area contributed by atoms with E-state index in [4.69, 9.17) is 13.6 Å². The standard InChI is InChI=1S/C30H26FN3O4/c31-24-13-11-22(12-14-24)18-34(19-23-6-4-9-26(16-23)38-25-7-2-1-3-8-25)20-29-33-28(21-37-29)30(35)32-17-27-10-5-15-36-27/h1-16,21H,17-20H2,(H,32,35). The van der Waals surface area contributed by atoms with Crippen molar-refractivity contribution in [1.82, 2.24) is 15.2 Å². The minimum Gasteiger partial charge on any atom is -0.467 e. The van der Waals surface area contributed by atoms with Crippen LogP contribution in [0.25, 0.3) is 0 Å². The molecule has 8 heteroatoms. The number of carbonyl (C=O) groups excluding carboxylic acids is 1. The van der Waals surface area contributed by atoms with Gasteiger partial charge in [0, 0.05) is 13.1 Å². The molecule has 0 saturated heterocycles. The Bertz CT molecular complexity index is 1450. The van der Waals surface area contributed by atoms with Gasteiger partial charge in [0.1, 0.15) is 29.3 Å². The molecule has 0 fully saturated rings. The molecule has 2 heterocycles. The number of benzene rings is 3. The summed E-state index contributed by atoms with van der Waals surface area (Å²) in [6.07, 6.45) is 2.89. The van der Waals surface area contributed by atoms with Gasteiger partial charge in [0.2, 0.25) is 5.89 Å². The molecule has 7 nitrogen and oxygen atoms in total. The van der Waals surface area contributed by atoms with Gasteiger partial charge in [0.25, 0.3) is 5.91 Å². The smallest absolute Gasteiger partial charge is 0.273 e. The average molecular weight is 512 g/mol. The number of amides is 1. The Morgan fingerprint density at radius 3 is 2.42 bits per heavy atom. The number of carbonyl (C=O) groups is 1. The van der Waals surface area contributed by atoms with Crippen molar-refractivity contribution in [3.63, 3.8) is 0 Å². The fourth-order valence-electron chi connectivity index (χ4n) is 3.96. The Kier molecular flexibility index (Phi) is 7.91. The summed E-state index contributed by atoms with van der Waals surface area (Å²) >= 11 is 0. The zero-order chi connectivity index (χ0) is 26.2. The maximum atomic E-state index is 13.5. The van der Waals surface area contributed by atoms with Crippen LogP contribution in [-0.2, 0) is 26.2 Å². The molecule has 0 unspecified atom stereocenters. The van der Waals surface area contributed by atoms with Gasteiger partial charge in [-0.15, -0.1) is 0 Å². The molecule has 0 bridgehead atoms. The Balaban J connectivity index is 1.29. The van der Waals surface area contributed by atoms with E-state index in [1.54, 1.807) is 30.5 Å². The maximum absolute atomic E-state index is 13.5. The van der Waals surface area contributed by atoms with Crippen molar-refractivity contribution in [2.45, 2.75) is 26.2 Å². The summed E-state index contributed by atoms with van der Waals surface area (Å²) < 4.78 is 30.3. The number of nitrogens with one attached hydrogen (secondary N) is 1. The lowest BCUT2D eigenvalue weighted by Gasteiger charge is -2.21. The van der Waals surface area contributed by atoms with Crippen molar-refractivity contribution in [2.75, 3.05) is 0 Å². The van der Waals surface area contributed by atoms with E-state index in [9.17, 15) is 9.18 Å². The van der Waals surface area contributed by atoms with Crippen molar-refractivity contribution in [1.29, 1.82) is 0 Å². The van der Waals surface area contributed by atoms with Gasteiger partial charge < -0.3 is 18.9 Å². The third-order valence-electron chi connectivity index (χ3n) is 5.75.